The van der Waals surface area contributed by atoms with Gasteiger partial charge in [0.15, 0.2) is 0 Å². The zero-order valence-corrected chi connectivity index (χ0v) is 10.4. The van der Waals surface area contributed by atoms with Gasteiger partial charge in [-0.25, -0.2) is 0 Å². The van der Waals surface area contributed by atoms with Gasteiger partial charge in [-0.15, -0.1) is 0 Å². The van der Waals surface area contributed by atoms with Gasteiger partial charge in [-0.2, -0.15) is 0 Å². The molecule has 0 aromatic rings. The molecule has 1 aliphatic carbocycles. The van der Waals surface area contributed by atoms with Crippen molar-refractivity contribution in [3.63, 3.8) is 0 Å². The molecular formula is C12H21NO4. The molecule has 98 valence electrons. The van der Waals surface area contributed by atoms with Crippen LogP contribution in [0, 0.1) is 16.0 Å². The van der Waals surface area contributed by atoms with Gasteiger partial charge in [0.1, 0.15) is 0 Å². The highest BCUT2D eigenvalue weighted by Crippen LogP contribution is 2.29. The van der Waals surface area contributed by atoms with Gasteiger partial charge in [0, 0.05) is 23.7 Å². The molecule has 17 heavy (non-hydrogen) atoms. The third-order valence-electron chi connectivity index (χ3n) is 3.57. The second-order valence-electron chi connectivity index (χ2n) is 4.72. The van der Waals surface area contributed by atoms with E-state index in [9.17, 15) is 14.9 Å². The lowest BCUT2D eigenvalue weighted by Gasteiger charge is -2.17. The first-order valence-electron chi connectivity index (χ1n) is 6.35. The van der Waals surface area contributed by atoms with Crippen LogP contribution in [0.15, 0.2) is 0 Å². The van der Waals surface area contributed by atoms with Crippen molar-refractivity contribution in [3.05, 3.63) is 10.1 Å². The van der Waals surface area contributed by atoms with E-state index in [1.807, 2.05) is 0 Å². The van der Waals surface area contributed by atoms with Crippen molar-refractivity contribution in [2.45, 2.75) is 57.4 Å². The van der Waals surface area contributed by atoms with Gasteiger partial charge < -0.3 is 4.74 Å². The Morgan fingerprint density at radius 3 is 2.71 bits per heavy atom. The molecule has 0 aromatic carbocycles. The van der Waals surface area contributed by atoms with Crippen LogP contribution in [0.2, 0.25) is 0 Å². The van der Waals surface area contributed by atoms with Crippen LogP contribution >= 0.6 is 0 Å². The first-order chi connectivity index (χ1) is 8.15. The maximum atomic E-state index is 11.0. The second-order valence-corrected chi connectivity index (χ2v) is 4.72. The summed E-state index contributed by atoms with van der Waals surface area (Å²) in [5, 5.41) is 11.0. The van der Waals surface area contributed by atoms with E-state index < -0.39 is 6.04 Å². The Bertz CT molecular complexity index is 267. The molecule has 5 heteroatoms. The summed E-state index contributed by atoms with van der Waals surface area (Å²) in [6, 6.07) is -0.407. The molecule has 0 aliphatic heterocycles. The molecule has 5 nitrogen and oxygen atoms in total. The van der Waals surface area contributed by atoms with E-state index in [1.165, 1.54) is 7.11 Å². The third kappa shape index (κ3) is 4.71. The molecule has 1 fully saturated rings. The van der Waals surface area contributed by atoms with Crippen molar-refractivity contribution in [3.8, 4) is 0 Å². The lowest BCUT2D eigenvalue weighted by atomic mass is 9.90. The smallest absolute Gasteiger partial charge is 0.305 e. The Morgan fingerprint density at radius 1 is 1.35 bits per heavy atom. The number of rotatable bonds is 5. The zero-order chi connectivity index (χ0) is 12.7. The Labute approximate surface area is 102 Å². The summed E-state index contributed by atoms with van der Waals surface area (Å²) in [6.45, 7) is 0. The summed E-state index contributed by atoms with van der Waals surface area (Å²) in [5.74, 6) is -0.0894. The molecule has 1 saturated carbocycles. The predicted octanol–water partition coefficient (Wildman–Crippen LogP) is 2.56. The largest absolute Gasteiger partial charge is 0.469 e. The van der Waals surface area contributed by atoms with E-state index in [0.717, 1.165) is 32.1 Å². The van der Waals surface area contributed by atoms with Crippen LogP contribution in [-0.4, -0.2) is 24.0 Å². The van der Waals surface area contributed by atoms with E-state index in [2.05, 4.69) is 4.74 Å². The van der Waals surface area contributed by atoms with E-state index in [0.29, 0.717) is 19.3 Å². The van der Waals surface area contributed by atoms with Crippen molar-refractivity contribution in [1.29, 1.82) is 0 Å². The number of esters is 1. The Morgan fingerprint density at radius 2 is 2.06 bits per heavy atom. The molecule has 2 atom stereocenters. The lowest BCUT2D eigenvalue weighted by molar-refractivity contribution is -0.533. The number of nitro groups is 1. The van der Waals surface area contributed by atoms with Crippen molar-refractivity contribution in [2.75, 3.05) is 7.11 Å². The Balaban J connectivity index is 2.41. The van der Waals surface area contributed by atoms with Crippen molar-refractivity contribution in [1.82, 2.24) is 0 Å². The number of carbonyl (C=O) groups is 1. The number of hydrogen-bond acceptors (Lipinski definition) is 4. The van der Waals surface area contributed by atoms with Crippen LogP contribution in [0.25, 0.3) is 0 Å². The van der Waals surface area contributed by atoms with E-state index in [-0.39, 0.29) is 16.8 Å². The molecule has 0 heterocycles. The Hall–Kier alpha value is -1.13. The van der Waals surface area contributed by atoms with Gasteiger partial charge in [-0.3, -0.25) is 14.9 Å². The molecule has 0 radical (unpaired) electrons. The van der Waals surface area contributed by atoms with Crippen molar-refractivity contribution in [2.24, 2.45) is 5.92 Å². The molecule has 0 saturated heterocycles. The minimum absolute atomic E-state index is 0.131. The summed E-state index contributed by atoms with van der Waals surface area (Å²) in [6.07, 6.45) is 6.58. The molecule has 0 N–H and O–H groups in total. The molecule has 0 aromatic heterocycles. The minimum atomic E-state index is -0.407. The average Bonchev–Trinajstić information content (AvgIpc) is 2.54. The predicted molar refractivity (Wildman–Crippen MR) is 63.2 cm³/mol. The molecule has 0 amide bonds. The summed E-state index contributed by atoms with van der Waals surface area (Å²) < 4.78 is 4.57. The topological polar surface area (TPSA) is 69.4 Å². The molecule has 2 unspecified atom stereocenters. The van der Waals surface area contributed by atoms with Gasteiger partial charge >= 0.3 is 5.97 Å². The number of methoxy groups -OCH3 is 1. The van der Waals surface area contributed by atoms with Crippen LogP contribution < -0.4 is 0 Å². The SMILES string of the molecule is COC(=O)CCCC1CCCCCC1[N+](=O)[O-]. The first-order valence-corrected chi connectivity index (χ1v) is 6.35. The highest BCUT2D eigenvalue weighted by molar-refractivity contribution is 5.68. The quantitative estimate of drug-likeness (QED) is 0.322. The van der Waals surface area contributed by atoms with Gasteiger partial charge in [-0.1, -0.05) is 12.8 Å². The van der Waals surface area contributed by atoms with Gasteiger partial charge in [0.2, 0.25) is 6.04 Å². The number of ether oxygens (including phenoxy) is 1. The van der Waals surface area contributed by atoms with Gasteiger partial charge in [0.25, 0.3) is 0 Å². The Kier molecular flexibility index (Phi) is 5.94. The minimum Gasteiger partial charge on any atom is -0.469 e. The fraction of sp³-hybridized carbons (Fsp3) is 0.917. The van der Waals surface area contributed by atoms with E-state index >= 15 is 0 Å². The maximum absolute atomic E-state index is 11.0. The normalized spacial score (nSPS) is 25.0. The fourth-order valence-electron chi connectivity index (χ4n) is 2.59. The average molecular weight is 243 g/mol. The van der Waals surface area contributed by atoms with Crippen molar-refractivity contribution < 1.29 is 14.5 Å². The van der Waals surface area contributed by atoms with Crippen molar-refractivity contribution >= 4 is 5.97 Å². The maximum Gasteiger partial charge on any atom is 0.305 e. The van der Waals surface area contributed by atoms with Crippen LogP contribution in [0.3, 0.4) is 0 Å². The molecule has 1 rings (SSSR count). The molecular weight excluding hydrogens is 222 g/mol. The fourth-order valence-corrected chi connectivity index (χ4v) is 2.59. The van der Waals surface area contributed by atoms with Gasteiger partial charge in [0.05, 0.1) is 7.11 Å². The number of nitrogens with zero attached hydrogens (tertiary/aromatic N) is 1. The third-order valence-corrected chi connectivity index (χ3v) is 3.57. The summed E-state index contributed by atoms with van der Waals surface area (Å²) >= 11 is 0. The molecule has 1 aliphatic rings. The van der Waals surface area contributed by atoms with Crippen LogP contribution in [-0.2, 0) is 9.53 Å². The van der Waals surface area contributed by atoms with E-state index in [4.69, 9.17) is 0 Å². The summed E-state index contributed by atoms with van der Waals surface area (Å²) in [7, 11) is 1.37. The highest BCUT2D eigenvalue weighted by Gasteiger charge is 2.32. The molecule has 0 spiro atoms. The van der Waals surface area contributed by atoms with Gasteiger partial charge in [-0.05, 0) is 25.7 Å². The monoisotopic (exact) mass is 243 g/mol. The first kappa shape index (κ1) is 13.9. The molecule has 0 bridgehead atoms. The second kappa shape index (κ2) is 7.25. The highest BCUT2D eigenvalue weighted by atomic mass is 16.6. The summed E-state index contributed by atoms with van der Waals surface area (Å²) in [4.78, 5) is 21.8. The summed E-state index contributed by atoms with van der Waals surface area (Å²) in [5.41, 5.74) is 0. The standard InChI is InChI=1S/C12H21NO4/c1-17-12(14)9-5-7-10-6-3-2-4-8-11(10)13(15)16/h10-11H,2-9H2,1H3. The number of hydrogen-bond donors (Lipinski definition) is 0. The van der Waals surface area contributed by atoms with Crippen LogP contribution in [0.5, 0.6) is 0 Å². The number of carbonyl (C=O) groups excluding carboxylic acids is 1. The zero-order valence-electron chi connectivity index (χ0n) is 10.4. The van der Waals surface area contributed by atoms with Crippen LogP contribution in [0.1, 0.15) is 51.4 Å². The lowest BCUT2D eigenvalue weighted by Crippen LogP contribution is -2.28. The van der Waals surface area contributed by atoms with Crippen LogP contribution in [0.4, 0.5) is 0 Å². The van der Waals surface area contributed by atoms with E-state index in [1.54, 1.807) is 0 Å².